The number of hydrogen-bond donors (Lipinski definition) is 0. The van der Waals surface area contributed by atoms with Crippen LogP contribution in [0.25, 0.3) is 55.2 Å². The standard InChI is InChI=1S/C28H17FN4/c29-18-9-8-12-20(17-18)33-23-15-6-4-13-21(23)25-27-26(30-31-28(25)33)22-14-5-7-16-24(22)32(27)19-10-2-1-3-11-19/h1-17H. The van der Waals surface area contributed by atoms with Gasteiger partial charge in [-0.1, -0.05) is 60.7 Å². The highest BCUT2D eigenvalue weighted by Gasteiger charge is 2.22. The van der Waals surface area contributed by atoms with Crippen molar-refractivity contribution in [1.82, 2.24) is 19.3 Å². The molecular weight excluding hydrogens is 411 g/mol. The zero-order valence-electron chi connectivity index (χ0n) is 17.5. The first-order valence-corrected chi connectivity index (χ1v) is 10.8. The molecule has 0 bridgehead atoms. The summed E-state index contributed by atoms with van der Waals surface area (Å²) in [6.07, 6.45) is 0. The summed E-state index contributed by atoms with van der Waals surface area (Å²) >= 11 is 0. The highest BCUT2D eigenvalue weighted by atomic mass is 19.1. The molecule has 0 N–H and O–H groups in total. The van der Waals surface area contributed by atoms with Crippen LogP contribution >= 0.6 is 0 Å². The minimum Gasteiger partial charge on any atom is -0.307 e. The van der Waals surface area contributed by atoms with E-state index in [1.54, 1.807) is 6.07 Å². The van der Waals surface area contributed by atoms with Crippen LogP contribution in [0.4, 0.5) is 4.39 Å². The van der Waals surface area contributed by atoms with E-state index in [4.69, 9.17) is 5.10 Å². The quantitative estimate of drug-likeness (QED) is 0.303. The maximum atomic E-state index is 14.2. The predicted molar refractivity (Wildman–Crippen MR) is 131 cm³/mol. The molecule has 3 heterocycles. The lowest BCUT2D eigenvalue weighted by Crippen LogP contribution is -1.98. The van der Waals surface area contributed by atoms with Crippen molar-refractivity contribution < 1.29 is 4.39 Å². The Morgan fingerprint density at radius 3 is 2.03 bits per heavy atom. The fourth-order valence-corrected chi connectivity index (χ4v) is 4.93. The van der Waals surface area contributed by atoms with Gasteiger partial charge in [0.05, 0.1) is 27.6 Å². The Kier molecular flexibility index (Phi) is 3.70. The molecule has 0 saturated carbocycles. The van der Waals surface area contributed by atoms with Gasteiger partial charge in [0.25, 0.3) is 0 Å². The van der Waals surface area contributed by atoms with Crippen LogP contribution in [0.2, 0.25) is 0 Å². The monoisotopic (exact) mass is 428 g/mol. The number of nitrogens with zero attached hydrogens (tertiary/aromatic N) is 4. The van der Waals surface area contributed by atoms with Crippen molar-refractivity contribution in [2.45, 2.75) is 0 Å². The summed E-state index contributed by atoms with van der Waals surface area (Å²) in [5.74, 6) is -0.286. The summed E-state index contributed by atoms with van der Waals surface area (Å²) in [5.41, 5.74) is 6.36. The summed E-state index contributed by atoms with van der Waals surface area (Å²) in [7, 11) is 0. The predicted octanol–water partition coefficient (Wildman–Crippen LogP) is 6.81. The summed E-state index contributed by atoms with van der Waals surface area (Å²) in [5, 5.41) is 12.5. The molecule has 7 rings (SSSR count). The molecule has 0 spiro atoms. The second-order valence-corrected chi connectivity index (χ2v) is 8.12. The van der Waals surface area contributed by atoms with Gasteiger partial charge in [0, 0.05) is 16.5 Å². The van der Waals surface area contributed by atoms with Crippen LogP contribution in [0.15, 0.2) is 103 Å². The van der Waals surface area contributed by atoms with Crippen LogP contribution in [-0.4, -0.2) is 19.3 Å². The summed E-state index contributed by atoms with van der Waals surface area (Å²) in [6.45, 7) is 0. The van der Waals surface area contributed by atoms with E-state index in [-0.39, 0.29) is 5.82 Å². The van der Waals surface area contributed by atoms with Gasteiger partial charge >= 0.3 is 0 Å². The smallest absolute Gasteiger partial charge is 0.170 e. The molecule has 0 amide bonds. The molecule has 0 radical (unpaired) electrons. The Morgan fingerprint density at radius 2 is 1.24 bits per heavy atom. The van der Waals surface area contributed by atoms with Crippen molar-refractivity contribution in [2.24, 2.45) is 0 Å². The van der Waals surface area contributed by atoms with E-state index in [0.29, 0.717) is 5.65 Å². The molecule has 4 aromatic carbocycles. The largest absolute Gasteiger partial charge is 0.307 e. The van der Waals surface area contributed by atoms with Crippen LogP contribution in [0, 0.1) is 5.82 Å². The maximum Gasteiger partial charge on any atom is 0.170 e. The molecule has 0 aliphatic heterocycles. The zero-order chi connectivity index (χ0) is 21.9. The van der Waals surface area contributed by atoms with Gasteiger partial charge in [0.1, 0.15) is 11.3 Å². The minimum atomic E-state index is -0.286. The molecule has 156 valence electrons. The van der Waals surface area contributed by atoms with Crippen molar-refractivity contribution in [2.75, 3.05) is 0 Å². The molecule has 0 fully saturated rings. The van der Waals surface area contributed by atoms with E-state index in [0.717, 1.165) is 49.6 Å². The van der Waals surface area contributed by atoms with Gasteiger partial charge < -0.3 is 4.57 Å². The second-order valence-electron chi connectivity index (χ2n) is 8.12. The lowest BCUT2D eigenvalue weighted by atomic mass is 10.1. The molecule has 33 heavy (non-hydrogen) atoms. The van der Waals surface area contributed by atoms with Gasteiger partial charge in [-0.25, -0.2) is 4.39 Å². The van der Waals surface area contributed by atoms with Crippen molar-refractivity contribution in [1.29, 1.82) is 0 Å². The minimum absolute atomic E-state index is 0.286. The topological polar surface area (TPSA) is 35.6 Å². The SMILES string of the molecule is Fc1cccc(-n2c3ccccc3c3c2nnc2c4ccccc4n(-c4ccccc4)c23)c1. The Labute approximate surface area is 188 Å². The first-order valence-electron chi connectivity index (χ1n) is 10.8. The maximum absolute atomic E-state index is 14.2. The summed E-state index contributed by atoms with van der Waals surface area (Å²) in [6, 6.07) is 33.3. The highest BCUT2D eigenvalue weighted by Crippen LogP contribution is 2.39. The molecule has 0 aliphatic carbocycles. The van der Waals surface area contributed by atoms with E-state index < -0.39 is 0 Å². The highest BCUT2D eigenvalue weighted by molar-refractivity contribution is 6.23. The Morgan fingerprint density at radius 1 is 0.576 bits per heavy atom. The fraction of sp³-hybridized carbons (Fsp3) is 0. The second kappa shape index (κ2) is 6.74. The lowest BCUT2D eigenvalue weighted by Gasteiger charge is -2.08. The average molecular weight is 428 g/mol. The number of benzene rings is 4. The van der Waals surface area contributed by atoms with Gasteiger partial charge in [0.2, 0.25) is 0 Å². The normalized spacial score (nSPS) is 11.8. The molecular formula is C28H17FN4. The van der Waals surface area contributed by atoms with Crippen LogP contribution in [0.3, 0.4) is 0 Å². The van der Waals surface area contributed by atoms with Crippen molar-refractivity contribution >= 4 is 43.9 Å². The third-order valence-electron chi connectivity index (χ3n) is 6.26. The van der Waals surface area contributed by atoms with E-state index >= 15 is 0 Å². The van der Waals surface area contributed by atoms with E-state index in [1.807, 2.05) is 59.2 Å². The average Bonchev–Trinajstić information content (AvgIpc) is 3.37. The molecule has 4 nitrogen and oxygen atoms in total. The van der Waals surface area contributed by atoms with E-state index in [2.05, 4.69) is 40.0 Å². The van der Waals surface area contributed by atoms with Gasteiger partial charge in [-0.05, 0) is 42.5 Å². The zero-order valence-corrected chi connectivity index (χ0v) is 17.5. The van der Waals surface area contributed by atoms with Crippen LogP contribution in [0.1, 0.15) is 0 Å². The van der Waals surface area contributed by atoms with Crippen LogP contribution in [0.5, 0.6) is 0 Å². The number of aromatic nitrogens is 4. The van der Waals surface area contributed by atoms with Gasteiger partial charge in [-0.3, -0.25) is 4.57 Å². The molecule has 0 atom stereocenters. The summed E-state index contributed by atoms with van der Waals surface area (Å²) in [4.78, 5) is 0. The van der Waals surface area contributed by atoms with Crippen molar-refractivity contribution in [3.8, 4) is 11.4 Å². The number of halogens is 1. The molecule has 3 aromatic heterocycles. The first kappa shape index (κ1) is 18.1. The van der Waals surface area contributed by atoms with Gasteiger partial charge in [-0.15, -0.1) is 10.2 Å². The number of rotatable bonds is 2. The Bertz CT molecular complexity index is 1830. The fourth-order valence-electron chi connectivity index (χ4n) is 4.93. The lowest BCUT2D eigenvalue weighted by molar-refractivity contribution is 0.627. The van der Waals surface area contributed by atoms with E-state index in [9.17, 15) is 4.39 Å². The molecule has 0 unspecified atom stereocenters. The molecule has 7 aromatic rings. The van der Waals surface area contributed by atoms with Crippen LogP contribution < -0.4 is 0 Å². The van der Waals surface area contributed by atoms with Crippen molar-refractivity contribution in [3.63, 3.8) is 0 Å². The van der Waals surface area contributed by atoms with Gasteiger partial charge in [-0.2, -0.15) is 0 Å². The van der Waals surface area contributed by atoms with Crippen LogP contribution in [-0.2, 0) is 0 Å². The molecule has 0 aliphatic rings. The number of hydrogen-bond acceptors (Lipinski definition) is 2. The van der Waals surface area contributed by atoms with Crippen molar-refractivity contribution in [3.05, 3.63) is 109 Å². The Balaban J connectivity index is 1.76. The molecule has 5 heteroatoms. The van der Waals surface area contributed by atoms with E-state index in [1.165, 1.54) is 12.1 Å². The number of para-hydroxylation sites is 3. The summed E-state index contributed by atoms with van der Waals surface area (Å²) < 4.78 is 18.4. The third-order valence-corrected chi connectivity index (χ3v) is 6.26. The Hall–Kier alpha value is -4.51. The number of fused-ring (bicyclic) bond motifs is 7. The van der Waals surface area contributed by atoms with Gasteiger partial charge in [0.15, 0.2) is 5.65 Å². The first-order chi connectivity index (χ1) is 16.3. The third kappa shape index (κ3) is 2.50. The molecule has 0 saturated heterocycles.